The third-order valence-corrected chi connectivity index (χ3v) is 17.5. The molecule has 0 saturated heterocycles. The summed E-state index contributed by atoms with van der Waals surface area (Å²) >= 11 is 6.50. The van der Waals surface area contributed by atoms with E-state index in [1.165, 1.54) is 86.5 Å². The van der Waals surface area contributed by atoms with Crippen molar-refractivity contribution in [3.05, 3.63) is 202 Å². The van der Waals surface area contributed by atoms with E-state index in [0.717, 1.165) is 53.1 Å². The molecule has 9 aromatic rings. The van der Waals surface area contributed by atoms with Crippen LogP contribution in [-0.2, 0) is 15.5 Å². The summed E-state index contributed by atoms with van der Waals surface area (Å²) in [4.78, 5) is 10.8. The number of rotatable bonds is 11. The molecular weight excluding hydrogens is 1550 g/mol. The molecule has 7 nitrogen and oxygen atoms in total. The van der Waals surface area contributed by atoms with E-state index < -0.39 is 151 Å². The summed E-state index contributed by atoms with van der Waals surface area (Å²) in [6, 6.07) is 21.0. The molecule has 2 saturated carbocycles. The Kier molecular flexibility index (Phi) is 33.3. The first kappa shape index (κ1) is 86.7. The van der Waals surface area contributed by atoms with Crippen LogP contribution in [0.25, 0.3) is 49.2 Å². The number of allylic oxidation sites excluding steroid dienone is 1. The number of fused-ring (bicyclic) bond motifs is 6. The van der Waals surface area contributed by atoms with Crippen molar-refractivity contribution in [2.75, 3.05) is 30.5 Å². The Morgan fingerprint density at radius 3 is 1.49 bits per heavy atom. The van der Waals surface area contributed by atoms with Gasteiger partial charge in [0, 0.05) is 22.7 Å². The van der Waals surface area contributed by atoms with Gasteiger partial charge >= 0.3 is 5.92 Å². The van der Waals surface area contributed by atoms with Crippen molar-refractivity contribution in [3.63, 3.8) is 0 Å². The number of hydrogen-bond donors (Lipinski definition) is 3. The number of halogens is 21. The van der Waals surface area contributed by atoms with E-state index in [9.17, 15) is 88.2 Å². The van der Waals surface area contributed by atoms with E-state index in [1.54, 1.807) is 0 Å². The molecule has 0 aliphatic heterocycles. The Morgan fingerprint density at radius 1 is 0.462 bits per heavy atom. The van der Waals surface area contributed by atoms with Crippen molar-refractivity contribution in [1.29, 1.82) is 0 Å². The second-order valence-electron chi connectivity index (χ2n) is 23.5. The van der Waals surface area contributed by atoms with Crippen LogP contribution in [0.15, 0.2) is 109 Å². The maximum atomic E-state index is 14.2. The topological polar surface area (TPSA) is 105 Å². The zero-order valence-corrected chi connectivity index (χ0v) is 59.8. The largest absolute Gasteiger partial charge is 0.508 e. The second kappa shape index (κ2) is 39.9. The number of ether oxygens (including phenoxy) is 3. The third kappa shape index (κ3) is 21.2. The highest BCUT2D eigenvalue weighted by Gasteiger charge is 2.60. The van der Waals surface area contributed by atoms with Crippen molar-refractivity contribution < 1.29 is 118 Å². The molecule has 2 fully saturated rings. The van der Waals surface area contributed by atoms with Gasteiger partial charge in [0.15, 0.2) is 92.8 Å². The normalized spacial score (nSPS) is 17.2. The first-order chi connectivity index (χ1) is 49.2. The summed E-state index contributed by atoms with van der Waals surface area (Å²) in [6.07, 6.45) is 2.34. The molecule has 0 radical (unpaired) electrons. The van der Waals surface area contributed by atoms with Crippen LogP contribution in [0.4, 0.5) is 83.4 Å². The van der Waals surface area contributed by atoms with Gasteiger partial charge in [0.1, 0.15) is 24.2 Å². The number of aromatic hydroxyl groups is 3. The minimum atomic E-state index is -3.99. The molecule has 3 N–H and O–H groups in total. The van der Waals surface area contributed by atoms with Crippen molar-refractivity contribution >= 4 is 86.8 Å². The SMILES string of the molecule is CCCBr.CCCBr.CCCOC1CCC2CCC(F)C(F)C2C1(F)F.CCCOc1ccc2cc(C)c(F)c(F)c2c1F.CCCOc1ccc2cc(O)c(F)c(F)c2c1F.O=C1C=Cc2ccc(F)c(F)c2C1(F)F.Oc1ccc2ccc(F)c(F)c2c1.Oc1ccc2ccc(F)c(F)c2c1F. The molecule has 0 heterocycles. The molecule has 3 aliphatic rings. The fourth-order valence-corrected chi connectivity index (χ4v) is 10.7. The van der Waals surface area contributed by atoms with Crippen LogP contribution in [0, 0.1) is 94.4 Å². The monoisotopic (exact) mass is 1620 g/mol. The summed E-state index contributed by atoms with van der Waals surface area (Å²) < 4.78 is 270. The molecule has 0 aromatic heterocycles. The van der Waals surface area contributed by atoms with E-state index in [-0.39, 0.29) is 76.0 Å². The van der Waals surface area contributed by atoms with Gasteiger partial charge in [0.2, 0.25) is 11.6 Å². The highest BCUT2D eigenvalue weighted by Crippen LogP contribution is 2.52. The van der Waals surface area contributed by atoms with Gasteiger partial charge in [-0.2, -0.15) is 13.2 Å². The molecule has 0 spiro atoms. The Bertz CT molecular complexity index is 4250. The minimum Gasteiger partial charge on any atom is -0.508 e. The average Bonchev–Trinajstić information content (AvgIpc) is 0.762. The number of alkyl halides is 8. The van der Waals surface area contributed by atoms with Crippen molar-refractivity contribution in [2.45, 2.75) is 130 Å². The van der Waals surface area contributed by atoms with Gasteiger partial charge in [-0.3, -0.25) is 4.79 Å². The van der Waals surface area contributed by atoms with E-state index in [1.807, 2.05) is 20.8 Å². The number of phenols is 3. The lowest BCUT2D eigenvalue weighted by Gasteiger charge is -2.47. The smallest absolute Gasteiger partial charge is 0.337 e. The Hall–Kier alpha value is -7.98. The van der Waals surface area contributed by atoms with Gasteiger partial charge in [-0.25, -0.2) is 70.2 Å². The van der Waals surface area contributed by atoms with Crippen molar-refractivity contribution in [3.8, 4) is 28.7 Å². The van der Waals surface area contributed by atoms with Crippen LogP contribution >= 0.6 is 31.9 Å². The third-order valence-electron chi connectivity index (χ3n) is 15.9. The quantitative estimate of drug-likeness (QED) is 0.0875. The molecule has 566 valence electrons. The summed E-state index contributed by atoms with van der Waals surface area (Å²) in [5, 5.41) is 29.3. The van der Waals surface area contributed by atoms with E-state index in [4.69, 9.17) is 29.5 Å². The van der Waals surface area contributed by atoms with Crippen LogP contribution in [-0.4, -0.2) is 76.0 Å². The lowest BCUT2D eigenvalue weighted by molar-refractivity contribution is -0.231. The fourth-order valence-electron chi connectivity index (χ4n) is 10.7. The van der Waals surface area contributed by atoms with Gasteiger partial charge in [-0.05, 0) is 170 Å². The molecular formula is C76H73Br2F19O7. The van der Waals surface area contributed by atoms with Crippen LogP contribution in [0.5, 0.6) is 28.7 Å². The molecule has 9 aromatic carbocycles. The maximum absolute atomic E-state index is 14.2. The zero-order chi connectivity index (χ0) is 77.7. The Labute approximate surface area is 603 Å². The molecule has 3 aliphatic carbocycles. The van der Waals surface area contributed by atoms with E-state index in [2.05, 4.69) is 45.7 Å². The number of aryl methyl sites for hydroxylation is 1. The van der Waals surface area contributed by atoms with Crippen LogP contribution in [0.3, 0.4) is 0 Å². The molecule has 12 rings (SSSR count). The second-order valence-corrected chi connectivity index (χ2v) is 25.1. The van der Waals surface area contributed by atoms with Gasteiger partial charge < -0.3 is 29.5 Å². The van der Waals surface area contributed by atoms with Crippen LogP contribution in [0.2, 0.25) is 0 Å². The van der Waals surface area contributed by atoms with Crippen LogP contribution < -0.4 is 9.47 Å². The van der Waals surface area contributed by atoms with Crippen LogP contribution in [0.1, 0.15) is 109 Å². The summed E-state index contributed by atoms with van der Waals surface area (Å²) in [5.74, 6) is -27.8. The molecule has 0 bridgehead atoms. The Morgan fingerprint density at radius 2 is 0.933 bits per heavy atom. The molecule has 104 heavy (non-hydrogen) atoms. The fraction of sp³-hybridized carbons (Fsp3) is 0.355. The number of phenolic OH excluding ortho intramolecular Hbond substituents is 3. The van der Waals surface area contributed by atoms with Gasteiger partial charge in [-0.1, -0.05) is 115 Å². The predicted octanol–water partition coefficient (Wildman–Crippen LogP) is 24.0. The number of ketones is 1. The first-order valence-corrected chi connectivity index (χ1v) is 34.8. The minimum absolute atomic E-state index is 0.0495. The first-order valence-electron chi connectivity index (χ1n) is 32.6. The molecule has 28 heteroatoms. The average molecular weight is 1620 g/mol. The standard InChI is InChI=1S/C14H13F3O.C13H20F4O.C13H11F3O2.C10H4F4O.C10H5F3O.C10H6F2O.2C3H7Br/c1-3-6-18-10-5-4-9-7-8(2)12(15)14(17)11(9)13(10)16;1-2-7-18-10-6-4-8-3-5-9(14)12(15)11(8)13(10,16)17;1-2-5-18-9-4-3-7-6-8(17)11(14)13(16)10(7)12(9)15;11-6-3-1-5-2-4-7(15)10(13,14)8(5)9(6)12;11-6-3-1-5-2-4-7(14)10(13)8(5)9(6)12;11-9-4-2-6-1-3-7(13)5-8(6)10(9)12;2*1-2-3-4/h4-5,7H,3,6H2,1-2H3;8-12H,2-7H2,1H3;3-4,6,17H,2,5H2,1H3;1-4H;1-4,14H;1-5,13H;2*2-3H2,1H3. The van der Waals surface area contributed by atoms with Crippen molar-refractivity contribution in [2.24, 2.45) is 11.8 Å². The lowest BCUT2D eigenvalue weighted by atomic mass is 9.66. The molecule has 5 atom stereocenters. The lowest BCUT2D eigenvalue weighted by Crippen LogP contribution is -2.56. The Balaban J connectivity index is 0.000000220. The van der Waals surface area contributed by atoms with E-state index in [0.29, 0.717) is 55.6 Å². The van der Waals surface area contributed by atoms with E-state index >= 15 is 0 Å². The zero-order valence-electron chi connectivity index (χ0n) is 56.7. The highest BCUT2D eigenvalue weighted by molar-refractivity contribution is 9.09. The number of hydrogen-bond acceptors (Lipinski definition) is 7. The highest BCUT2D eigenvalue weighted by atomic mass is 79.9. The van der Waals surface area contributed by atoms with Gasteiger partial charge in [0.05, 0.1) is 40.9 Å². The number of carbonyl (C=O) groups excluding carboxylic acids is 1. The molecule has 0 amide bonds. The van der Waals surface area contributed by atoms with Gasteiger partial charge in [0.25, 0.3) is 5.92 Å². The summed E-state index contributed by atoms with van der Waals surface area (Å²) in [7, 11) is 0. The summed E-state index contributed by atoms with van der Waals surface area (Å²) in [6.45, 7) is 12.1. The number of carbonyl (C=O) groups is 1. The van der Waals surface area contributed by atoms with Crippen molar-refractivity contribution in [1.82, 2.24) is 0 Å². The predicted molar refractivity (Wildman–Crippen MR) is 369 cm³/mol. The maximum Gasteiger partial charge on any atom is 0.337 e. The van der Waals surface area contributed by atoms with Gasteiger partial charge in [-0.15, -0.1) is 0 Å². The number of benzene rings is 9. The summed E-state index contributed by atoms with van der Waals surface area (Å²) in [5.41, 5.74) is -1.21. The molecule has 5 unspecified atom stereocenters.